The highest BCUT2D eigenvalue weighted by Gasteiger charge is 2.25. The lowest BCUT2D eigenvalue weighted by Crippen LogP contribution is -2.29. The lowest BCUT2D eigenvalue weighted by Gasteiger charge is -2.15. The van der Waals surface area contributed by atoms with Gasteiger partial charge in [0.1, 0.15) is 5.75 Å². The summed E-state index contributed by atoms with van der Waals surface area (Å²) in [6.07, 6.45) is 4.45. The van der Waals surface area contributed by atoms with Crippen molar-refractivity contribution in [2.75, 3.05) is 26.2 Å². The number of nitrogens with zero attached hydrogens (tertiary/aromatic N) is 1. The maximum absolute atomic E-state index is 12.4. The first-order valence-electron chi connectivity index (χ1n) is 11.1. The van der Waals surface area contributed by atoms with E-state index in [-0.39, 0.29) is 11.7 Å². The zero-order valence-corrected chi connectivity index (χ0v) is 19.0. The van der Waals surface area contributed by atoms with Crippen LogP contribution in [-0.4, -0.2) is 44.9 Å². The molecule has 0 atom stereocenters. The van der Waals surface area contributed by atoms with Gasteiger partial charge in [-0.05, 0) is 61.4 Å². The number of aryl methyl sites for hydroxylation is 1. The molecule has 1 aliphatic rings. The van der Waals surface area contributed by atoms with E-state index in [1.165, 1.54) is 0 Å². The van der Waals surface area contributed by atoms with Crippen LogP contribution in [0, 0.1) is 0 Å². The van der Waals surface area contributed by atoms with Gasteiger partial charge < -0.3 is 10.1 Å². The van der Waals surface area contributed by atoms with Gasteiger partial charge in [-0.3, -0.25) is 4.79 Å². The summed E-state index contributed by atoms with van der Waals surface area (Å²) in [5, 5.41) is 2.94. The summed E-state index contributed by atoms with van der Waals surface area (Å²) < 4.78 is 32.2. The molecule has 1 amide bonds. The Hall–Kier alpha value is -2.38. The standard InChI is InChI=1S/C24H32N2O4S/c1-2-18-30-23-10-4-3-8-21(23)9-7-15-25-24(27)22-13-11-20(12-14-22)19-31(28,29)26-16-5-6-17-26/h3-4,8,10-14H,2,5-7,9,15-19H2,1H3,(H,25,27). The van der Waals surface area contributed by atoms with Crippen LogP contribution in [0.25, 0.3) is 0 Å². The molecule has 0 aliphatic carbocycles. The maximum atomic E-state index is 12.4. The fraction of sp³-hybridized carbons (Fsp3) is 0.458. The van der Waals surface area contributed by atoms with Gasteiger partial charge in [0.05, 0.1) is 12.4 Å². The van der Waals surface area contributed by atoms with Crippen molar-refractivity contribution in [2.45, 2.75) is 44.8 Å². The van der Waals surface area contributed by atoms with Crippen molar-refractivity contribution in [3.63, 3.8) is 0 Å². The zero-order valence-electron chi connectivity index (χ0n) is 18.2. The van der Waals surface area contributed by atoms with Crippen LogP contribution in [0.15, 0.2) is 48.5 Å². The molecule has 2 aromatic carbocycles. The van der Waals surface area contributed by atoms with E-state index in [9.17, 15) is 13.2 Å². The molecule has 6 nitrogen and oxygen atoms in total. The van der Waals surface area contributed by atoms with Gasteiger partial charge in [-0.2, -0.15) is 0 Å². The first-order chi connectivity index (χ1) is 15.0. The molecular formula is C24H32N2O4S. The lowest BCUT2D eigenvalue weighted by atomic mass is 10.1. The number of nitrogens with one attached hydrogen (secondary N) is 1. The summed E-state index contributed by atoms with van der Waals surface area (Å²) in [5.74, 6) is 0.744. The van der Waals surface area contributed by atoms with Crippen molar-refractivity contribution < 1.29 is 17.9 Å². The van der Waals surface area contributed by atoms with Crippen LogP contribution in [0.3, 0.4) is 0 Å². The van der Waals surface area contributed by atoms with Crippen LogP contribution in [0.1, 0.15) is 54.1 Å². The second-order valence-corrected chi connectivity index (χ2v) is 9.84. The molecule has 2 aromatic rings. The van der Waals surface area contributed by atoms with Gasteiger partial charge in [0.2, 0.25) is 10.0 Å². The van der Waals surface area contributed by atoms with Crippen LogP contribution in [0.5, 0.6) is 5.75 Å². The monoisotopic (exact) mass is 444 g/mol. The smallest absolute Gasteiger partial charge is 0.251 e. The molecule has 1 N–H and O–H groups in total. The quantitative estimate of drug-likeness (QED) is 0.536. The van der Waals surface area contributed by atoms with Crippen LogP contribution < -0.4 is 10.1 Å². The number of para-hydroxylation sites is 1. The fourth-order valence-corrected chi connectivity index (χ4v) is 5.28. The van der Waals surface area contributed by atoms with Crippen molar-refractivity contribution in [2.24, 2.45) is 0 Å². The van der Waals surface area contributed by atoms with E-state index in [0.29, 0.717) is 37.4 Å². The van der Waals surface area contributed by atoms with E-state index < -0.39 is 10.0 Å². The second-order valence-electron chi connectivity index (χ2n) is 7.87. The number of rotatable bonds is 11. The number of carbonyl (C=O) groups excluding carboxylic acids is 1. The van der Waals surface area contributed by atoms with Crippen molar-refractivity contribution in [1.29, 1.82) is 0 Å². The maximum Gasteiger partial charge on any atom is 0.251 e. The minimum atomic E-state index is -3.28. The Morgan fingerprint density at radius 1 is 1.06 bits per heavy atom. The number of amides is 1. The molecule has 1 heterocycles. The number of ether oxygens (including phenoxy) is 1. The molecule has 168 valence electrons. The van der Waals surface area contributed by atoms with Crippen LogP contribution in [0.4, 0.5) is 0 Å². The summed E-state index contributed by atoms with van der Waals surface area (Å²) in [6.45, 7) is 4.56. The van der Waals surface area contributed by atoms with Gasteiger partial charge in [0.25, 0.3) is 5.91 Å². The van der Waals surface area contributed by atoms with Gasteiger partial charge in [-0.25, -0.2) is 12.7 Å². The third-order valence-electron chi connectivity index (χ3n) is 5.37. The SMILES string of the molecule is CCCOc1ccccc1CCCNC(=O)c1ccc(CS(=O)(=O)N2CCCC2)cc1. The molecule has 0 radical (unpaired) electrons. The first kappa shape index (κ1) is 23.3. The highest BCUT2D eigenvalue weighted by molar-refractivity contribution is 7.88. The fourth-order valence-electron chi connectivity index (χ4n) is 3.67. The zero-order chi connectivity index (χ0) is 22.1. The third kappa shape index (κ3) is 6.80. The van der Waals surface area contributed by atoms with Crippen molar-refractivity contribution in [3.05, 3.63) is 65.2 Å². The average molecular weight is 445 g/mol. The Bertz CT molecular complexity index is 952. The molecule has 31 heavy (non-hydrogen) atoms. The van der Waals surface area contributed by atoms with Gasteiger partial charge in [-0.15, -0.1) is 0 Å². The molecular weight excluding hydrogens is 412 g/mol. The molecule has 0 unspecified atom stereocenters. The predicted molar refractivity (Wildman–Crippen MR) is 123 cm³/mol. The number of benzene rings is 2. The van der Waals surface area contributed by atoms with Crippen LogP contribution >= 0.6 is 0 Å². The summed E-state index contributed by atoms with van der Waals surface area (Å²) in [7, 11) is -3.28. The number of carbonyl (C=O) groups is 1. The van der Waals surface area contributed by atoms with Gasteiger partial charge in [0, 0.05) is 25.2 Å². The molecule has 0 aromatic heterocycles. The molecule has 7 heteroatoms. The molecule has 0 saturated carbocycles. The van der Waals surface area contributed by atoms with Crippen molar-refractivity contribution in [3.8, 4) is 5.75 Å². The van der Waals surface area contributed by atoms with Gasteiger partial charge in [0.15, 0.2) is 0 Å². The minimum absolute atomic E-state index is 0.0194. The summed E-state index contributed by atoms with van der Waals surface area (Å²) in [5.41, 5.74) is 2.38. The average Bonchev–Trinajstić information content (AvgIpc) is 3.32. The summed E-state index contributed by atoms with van der Waals surface area (Å²) in [4.78, 5) is 12.4. The topological polar surface area (TPSA) is 75.7 Å². The second kappa shape index (κ2) is 11.3. The van der Waals surface area contributed by atoms with Crippen LogP contribution in [0.2, 0.25) is 0 Å². The molecule has 3 rings (SSSR count). The lowest BCUT2D eigenvalue weighted by molar-refractivity contribution is 0.0953. The van der Waals surface area contributed by atoms with E-state index in [1.54, 1.807) is 28.6 Å². The Labute approximate surface area is 185 Å². The summed E-state index contributed by atoms with van der Waals surface area (Å²) >= 11 is 0. The molecule has 1 aliphatic heterocycles. The Morgan fingerprint density at radius 3 is 2.48 bits per heavy atom. The van der Waals surface area contributed by atoms with E-state index >= 15 is 0 Å². The molecule has 1 saturated heterocycles. The van der Waals surface area contributed by atoms with Gasteiger partial charge >= 0.3 is 0 Å². The number of hydrogen-bond donors (Lipinski definition) is 1. The highest BCUT2D eigenvalue weighted by atomic mass is 32.2. The van der Waals surface area contributed by atoms with Gasteiger partial charge in [-0.1, -0.05) is 37.3 Å². The highest BCUT2D eigenvalue weighted by Crippen LogP contribution is 2.20. The number of hydrogen-bond acceptors (Lipinski definition) is 4. The Morgan fingerprint density at radius 2 is 1.77 bits per heavy atom. The molecule has 0 bridgehead atoms. The predicted octanol–water partition coefficient (Wildman–Crippen LogP) is 3.76. The normalized spacial score (nSPS) is 14.5. The first-order valence-corrected chi connectivity index (χ1v) is 12.7. The van der Waals surface area contributed by atoms with Crippen molar-refractivity contribution in [1.82, 2.24) is 9.62 Å². The van der Waals surface area contributed by atoms with E-state index in [4.69, 9.17) is 4.74 Å². The van der Waals surface area contributed by atoms with Crippen molar-refractivity contribution >= 4 is 15.9 Å². The molecule has 1 fully saturated rings. The molecule has 0 spiro atoms. The van der Waals surface area contributed by atoms with E-state index in [2.05, 4.69) is 18.3 Å². The third-order valence-corrected chi connectivity index (χ3v) is 7.22. The van der Waals surface area contributed by atoms with E-state index in [1.807, 2.05) is 18.2 Å². The summed E-state index contributed by atoms with van der Waals surface area (Å²) in [6, 6.07) is 14.8. The van der Waals surface area contributed by atoms with Crippen LogP contribution in [-0.2, 0) is 22.2 Å². The Balaban J connectivity index is 1.46. The minimum Gasteiger partial charge on any atom is -0.493 e. The Kier molecular flexibility index (Phi) is 8.49. The largest absolute Gasteiger partial charge is 0.493 e. The number of sulfonamides is 1. The van der Waals surface area contributed by atoms with E-state index in [0.717, 1.165) is 43.4 Å².